The molecule has 0 amide bonds. The van der Waals surface area contributed by atoms with E-state index in [-0.39, 0.29) is 38.2 Å². The summed E-state index contributed by atoms with van der Waals surface area (Å²) in [4.78, 5) is 56.0. The summed E-state index contributed by atoms with van der Waals surface area (Å²) in [6.07, 6.45) is -17.7. The summed E-state index contributed by atoms with van der Waals surface area (Å²) in [5.41, 5.74) is -2.08. The van der Waals surface area contributed by atoms with Crippen LogP contribution in [0.5, 0.6) is 0 Å². The predicted octanol–water partition coefficient (Wildman–Crippen LogP) is 2.24. The molecule has 0 spiro atoms. The van der Waals surface area contributed by atoms with E-state index in [0.29, 0.717) is 0 Å². The monoisotopic (exact) mass is 949 g/mol. The molecule has 19 nitrogen and oxygen atoms in total. The summed E-state index contributed by atoms with van der Waals surface area (Å²) in [5.74, 6) is -8.23. The molecule has 4 rings (SSSR count). The molecule has 4 aliphatic rings. The first-order chi connectivity index (χ1) is 30.7. The van der Waals surface area contributed by atoms with E-state index in [1.54, 1.807) is 62.3 Å². The number of aliphatic hydroxyl groups is 5. The Kier molecular flexibility index (Phi) is 20.5. The molecule has 4 aliphatic heterocycles. The lowest BCUT2D eigenvalue weighted by molar-refractivity contribution is -0.305. The lowest BCUT2D eigenvalue weighted by Crippen LogP contribution is -2.59. The fourth-order valence-electron chi connectivity index (χ4n) is 10.1. The second-order valence-electron chi connectivity index (χ2n) is 20.2. The second-order valence-corrected chi connectivity index (χ2v) is 20.2. The minimum Gasteiger partial charge on any atom is -0.461 e. The molecule has 0 aromatic rings. The molecule has 0 saturated carbocycles. The van der Waals surface area contributed by atoms with Gasteiger partial charge in [-0.25, -0.2) is 0 Å². The van der Waals surface area contributed by atoms with Crippen LogP contribution in [0.2, 0.25) is 0 Å². The van der Waals surface area contributed by atoms with Crippen molar-refractivity contribution in [1.82, 2.24) is 0 Å². The predicted molar refractivity (Wildman–Crippen MR) is 233 cm³/mol. The van der Waals surface area contributed by atoms with Crippen molar-refractivity contribution in [2.24, 2.45) is 41.4 Å². The number of Topliss-reactive ketones (excluding diaryl/α,β-unsaturated/α-hetero) is 2. The van der Waals surface area contributed by atoms with E-state index in [0.717, 1.165) is 0 Å². The van der Waals surface area contributed by atoms with Gasteiger partial charge in [0.1, 0.15) is 42.2 Å². The Morgan fingerprint density at radius 1 is 0.758 bits per heavy atom. The van der Waals surface area contributed by atoms with Crippen molar-refractivity contribution in [1.29, 1.82) is 0 Å². The maximum atomic E-state index is 14.9. The SMILES string of the molecule is COC1C(OCC(C)C2OC(=O)C(C)C(OC3CC(O)C(O)C(C)O3)C(C)C(OC3OC(C)CC(=O)C3O)C(C)CC(C)(O)C(=O)C(C)C(OC(=O)CC(C)C)C2C)OC(C)C(O)C1OC. The van der Waals surface area contributed by atoms with Gasteiger partial charge in [-0.15, -0.1) is 0 Å². The summed E-state index contributed by atoms with van der Waals surface area (Å²) in [6.45, 7) is 19.8. The average Bonchev–Trinajstić information content (AvgIpc) is 3.24. The molecule has 0 aliphatic carbocycles. The van der Waals surface area contributed by atoms with Crippen LogP contribution >= 0.6 is 0 Å². The molecular formula is C47H80O19. The molecule has 19 heteroatoms. The van der Waals surface area contributed by atoms with Crippen molar-refractivity contribution >= 4 is 23.5 Å². The van der Waals surface area contributed by atoms with Gasteiger partial charge in [0.15, 0.2) is 36.5 Å². The topological polar surface area (TPSA) is 262 Å². The Hall–Kier alpha value is -2.24. The van der Waals surface area contributed by atoms with Gasteiger partial charge in [-0.3, -0.25) is 19.2 Å². The summed E-state index contributed by atoms with van der Waals surface area (Å²) in [6, 6.07) is 0. The summed E-state index contributed by atoms with van der Waals surface area (Å²) < 4.78 is 61.2. The van der Waals surface area contributed by atoms with Gasteiger partial charge in [0.05, 0.1) is 55.1 Å². The van der Waals surface area contributed by atoms with Crippen molar-refractivity contribution < 1.29 is 92.1 Å². The van der Waals surface area contributed by atoms with Crippen molar-refractivity contribution in [2.45, 2.75) is 213 Å². The molecule has 0 radical (unpaired) electrons. The fourth-order valence-corrected chi connectivity index (χ4v) is 10.1. The Balaban J connectivity index is 1.85. The van der Waals surface area contributed by atoms with E-state index in [1.807, 2.05) is 13.8 Å². The van der Waals surface area contributed by atoms with Crippen LogP contribution in [0.15, 0.2) is 0 Å². The minimum absolute atomic E-state index is 0.0134. The summed E-state index contributed by atoms with van der Waals surface area (Å²) in [5, 5.41) is 55.3. The van der Waals surface area contributed by atoms with Crippen molar-refractivity contribution in [3.63, 3.8) is 0 Å². The van der Waals surface area contributed by atoms with Crippen molar-refractivity contribution in [3.8, 4) is 0 Å². The molecule has 5 N–H and O–H groups in total. The number of rotatable bonds is 13. The largest absolute Gasteiger partial charge is 0.461 e. The Bertz CT molecular complexity index is 1580. The molecule has 0 aromatic heterocycles. The van der Waals surface area contributed by atoms with Crippen LogP contribution in [0.3, 0.4) is 0 Å². The maximum Gasteiger partial charge on any atom is 0.311 e. The zero-order chi connectivity index (χ0) is 49.7. The van der Waals surface area contributed by atoms with Gasteiger partial charge in [0, 0.05) is 51.2 Å². The van der Waals surface area contributed by atoms with E-state index in [1.165, 1.54) is 21.1 Å². The lowest BCUT2D eigenvalue weighted by Gasteiger charge is -2.45. The molecular weight excluding hydrogens is 868 g/mol. The summed E-state index contributed by atoms with van der Waals surface area (Å²) >= 11 is 0. The number of ether oxygens (including phenoxy) is 10. The molecule has 0 bridgehead atoms. The number of ketones is 2. The van der Waals surface area contributed by atoms with E-state index in [4.69, 9.17) is 47.4 Å². The van der Waals surface area contributed by atoms with Gasteiger partial charge < -0.3 is 72.9 Å². The quantitative estimate of drug-likeness (QED) is 0.166. The molecule has 0 aromatic carbocycles. The standard InChI is InChI=1S/C47H80O19/c1-20(2)15-32(50)63-39-25(7)38(22(4)19-59-46-42(58-14)41(57-13)35(52)29(11)62-46)65-44(55)27(9)40(64-33-17-31(49)34(51)28(10)61-33)24(6)37(21(3)18-47(12,56)43(54)26(39)8)66-45-36(53)30(48)16-23(5)60-45/h20-29,31,33-42,45-46,49,51-53,56H,15-19H2,1-14H3. The minimum atomic E-state index is -2.08. The first-order valence-electron chi connectivity index (χ1n) is 23.6. The zero-order valence-corrected chi connectivity index (χ0v) is 41.3. The van der Waals surface area contributed by atoms with E-state index in [2.05, 4.69) is 0 Å². The van der Waals surface area contributed by atoms with E-state index >= 15 is 0 Å². The number of esters is 2. The number of aliphatic hydroxyl groups excluding tert-OH is 4. The van der Waals surface area contributed by atoms with Crippen LogP contribution in [-0.4, -0.2) is 174 Å². The molecule has 4 fully saturated rings. The first kappa shape index (κ1) is 56.3. The maximum absolute atomic E-state index is 14.9. The molecule has 4 heterocycles. The third kappa shape index (κ3) is 13.5. The van der Waals surface area contributed by atoms with Gasteiger partial charge >= 0.3 is 11.9 Å². The highest BCUT2D eigenvalue weighted by Crippen LogP contribution is 2.39. The lowest BCUT2D eigenvalue weighted by atomic mass is 9.74. The zero-order valence-electron chi connectivity index (χ0n) is 41.3. The van der Waals surface area contributed by atoms with Gasteiger partial charge in [0.25, 0.3) is 0 Å². The average molecular weight is 949 g/mol. The van der Waals surface area contributed by atoms with Crippen LogP contribution in [0.4, 0.5) is 0 Å². The van der Waals surface area contributed by atoms with Crippen molar-refractivity contribution in [3.05, 3.63) is 0 Å². The number of cyclic esters (lactones) is 1. The first-order valence-corrected chi connectivity index (χ1v) is 23.6. The van der Waals surface area contributed by atoms with Crippen molar-refractivity contribution in [2.75, 3.05) is 20.8 Å². The van der Waals surface area contributed by atoms with Gasteiger partial charge in [0.2, 0.25) is 0 Å². The summed E-state index contributed by atoms with van der Waals surface area (Å²) in [7, 11) is 2.86. The molecule has 66 heavy (non-hydrogen) atoms. The Labute approximate surface area is 389 Å². The van der Waals surface area contributed by atoms with Crippen LogP contribution < -0.4 is 0 Å². The van der Waals surface area contributed by atoms with E-state index in [9.17, 15) is 44.7 Å². The van der Waals surface area contributed by atoms with Crippen LogP contribution in [0, 0.1) is 41.4 Å². The number of carbonyl (C=O) groups excluding carboxylic acids is 4. The number of carbonyl (C=O) groups is 4. The fraction of sp³-hybridized carbons (Fsp3) is 0.915. The van der Waals surface area contributed by atoms with Gasteiger partial charge in [-0.2, -0.15) is 0 Å². The number of hydrogen-bond acceptors (Lipinski definition) is 19. The van der Waals surface area contributed by atoms with Gasteiger partial charge in [-0.1, -0.05) is 48.5 Å². The molecule has 4 saturated heterocycles. The van der Waals surface area contributed by atoms with Crippen LogP contribution in [0.25, 0.3) is 0 Å². The third-order valence-electron chi connectivity index (χ3n) is 13.9. The highest BCUT2D eigenvalue weighted by atomic mass is 16.7. The highest BCUT2D eigenvalue weighted by molar-refractivity contribution is 5.89. The molecule has 23 unspecified atom stereocenters. The molecule has 382 valence electrons. The number of hydrogen-bond donors (Lipinski definition) is 5. The van der Waals surface area contributed by atoms with Crippen LogP contribution in [0.1, 0.15) is 109 Å². The van der Waals surface area contributed by atoms with E-state index < -0.39 is 163 Å². The molecule has 23 atom stereocenters. The third-order valence-corrected chi connectivity index (χ3v) is 13.9. The second kappa shape index (κ2) is 24.1. The number of methoxy groups -OCH3 is 2. The Morgan fingerprint density at radius 3 is 1.97 bits per heavy atom. The van der Waals surface area contributed by atoms with Gasteiger partial charge in [-0.05, 0) is 52.9 Å². The Morgan fingerprint density at radius 2 is 1.38 bits per heavy atom. The van der Waals surface area contributed by atoms with Crippen LogP contribution in [-0.2, 0) is 66.5 Å². The smallest absolute Gasteiger partial charge is 0.311 e. The highest BCUT2D eigenvalue weighted by Gasteiger charge is 2.51. The normalized spacial score (nSPS) is 45.2.